The van der Waals surface area contributed by atoms with E-state index in [-0.39, 0.29) is 5.91 Å². The summed E-state index contributed by atoms with van der Waals surface area (Å²) in [6.07, 6.45) is 0. The SMILES string of the molecule is COc1cccc(C[NH+](C)CC(=O)Nc2cccc(Cl)c2)c1OC. The predicted octanol–water partition coefficient (Wildman–Crippen LogP) is 2.01. The number of para-hydroxylation sites is 1. The van der Waals surface area contributed by atoms with E-state index in [0.29, 0.717) is 35.3 Å². The van der Waals surface area contributed by atoms with E-state index in [4.69, 9.17) is 21.1 Å². The number of quaternary nitrogens is 1. The zero-order valence-electron chi connectivity index (χ0n) is 14.1. The summed E-state index contributed by atoms with van der Waals surface area (Å²) in [4.78, 5) is 13.2. The predicted molar refractivity (Wildman–Crippen MR) is 95.1 cm³/mol. The highest BCUT2D eigenvalue weighted by atomic mass is 35.5. The molecule has 6 heteroatoms. The highest BCUT2D eigenvalue weighted by molar-refractivity contribution is 6.30. The Kier molecular flexibility index (Phi) is 6.46. The van der Waals surface area contributed by atoms with E-state index >= 15 is 0 Å². The molecule has 2 aromatic carbocycles. The van der Waals surface area contributed by atoms with Gasteiger partial charge < -0.3 is 19.7 Å². The molecule has 1 amide bonds. The fourth-order valence-corrected chi connectivity index (χ4v) is 2.72. The second kappa shape index (κ2) is 8.57. The average molecular weight is 350 g/mol. The largest absolute Gasteiger partial charge is 0.493 e. The number of carbonyl (C=O) groups is 1. The molecule has 2 rings (SSSR count). The van der Waals surface area contributed by atoms with Gasteiger partial charge >= 0.3 is 0 Å². The first-order chi connectivity index (χ1) is 11.5. The maximum atomic E-state index is 12.2. The van der Waals surface area contributed by atoms with E-state index in [2.05, 4.69) is 5.32 Å². The Labute approximate surface area is 147 Å². The number of nitrogens with one attached hydrogen (secondary N) is 2. The number of carbonyl (C=O) groups excluding carboxylic acids is 1. The molecular formula is C18H22ClN2O3+. The van der Waals surface area contributed by atoms with Crippen LogP contribution in [0.3, 0.4) is 0 Å². The maximum Gasteiger partial charge on any atom is 0.279 e. The first-order valence-electron chi connectivity index (χ1n) is 7.60. The smallest absolute Gasteiger partial charge is 0.279 e. The molecule has 1 unspecified atom stereocenters. The molecule has 2 N–H and O–H groups in total. The number of hydrogen-bond acceptors (Lipinski definition) is 3. The van der Waals surface area contributed by atoms with Crippen molar-refractivity contribution in [2.45, 2.75) is 6.54 Å². The van der Waals surface area contributed by atoms with E-state index in [1.54, 1.807) is 32.4 Å². The molecule has 0 aromatic heterocycles. The summed E-state index contributed by atoms with van der Waals surface area (Å²) in [5.41, 5.74) is 1.68. The molecule has 1 atom stereocenters. The van der Waals surface area contributed by atoms with Crippen LogP contribution in [0.5, 0.6) is 11.5 Å². The van der Waals surface area contributed by atoms with Crippen molar-refractivity contribution in [1.82, 2.24) is 0 Å². The number of benzene rings is 2. The quantitative estimate of drug-likeness (QED) is 0.804. The van der Waals surface area contributed by atoms with Gasteiger partial charge in [0.05, 0.1) is 26.8 Å². The van der Waals surface area contributed by atoms with Gasteiger partial charge in [-0.1, -0.05) is 23.7 Å². The first kappa shape index (κ1) is 18.1. The number of likely N-dealkylation sites (N-methyl/N-ethyl adjacent to an activating group) is 1. The number of amides is 1. The molecule has 0 heterocycles. The van der Waals surface area contributed by atoms with Crippen LogP contribution < -0.4 is 19.7 Å². The Morgan fingerprint density at radius 2 is 1.92 bits per heavy atom. The molecule has 0 fully saturated rings. The van der Waals surface area contributed by atoms with Crippen molar-refractivity contribution in [1.29, 1.82) is 0 Å². The fourth-order valence-electron chi connectivity index (χ4n) is 2.53. The summed E-state index contributed by atoms with van der Waals surface area (Å²) < 4.78 is 10.7. The number of rotatable bonds is 7. The van der Waals surface area contributed by atoms with Crippen molar-refractivity contribution in [2.75, 3.05) is 33.1 Å². The molecule has 0 bridgehead atoms. The number of anilines is 1. The summed E-state index contributed by atoms with van der Waals surface area (Å²) in [6, 6.07) is 12.8. The number of methoxy groups -OCH3 is 2. The monoisotopic (exact) mass is 349 g/mol. The van der Waals surface area contributed by atoms with Crippen LogP contribution in [-0.4, -0.2) is 33.7 Å². The summed E-state index contributed by atoms with van der Waals surface area (Å²) in [7, 11) is 5.18. The highest BCUT2D eigenvalue weighted by Gasteiger charge is 2.16. The van der Waals surface area contributed by atoms with Crippen LogP contribution in [-0.2, 0) is 11.3 Å². The zero-order chi connectivity index (χ0) is 17.5. The van der Waals surface area contributed by atoms with Gasteiger partial charge in [0, 0.05) is 10.7 Å². The zero-order valence-corrected chi connectivity index (χ0v) is 14.8. The molecule has 0 saturated heterocycles. The Morgan fingerprint density at radius 3 is 2.58 bits per heavy atom. The summed E-state index contributed by atoms with van der Waals surface area (Å²) in [5, 5.41) is 3.44. The van der Waals surface area contributed by atoms with Gasteiger partial charge in [-0.2, -0.15) is 0 Å². The van der Waals surface area contributed by atoms with Crippen LogP contribution in [0.15, 0.2) is 42.5 Å². The normalized spacial score (nSPS) is 11.7. The molecule has 0 aliphatic heterocycles. The van der Waals surface area contributed by atoms with Crippen LogP contribution in [0.2, 0.25) is 5.02 Å². The van der Waals surface area contributed by atoms with Crippen LogP contribution in [0.25, 0.3) is 0 Å². The lowest BCUT2D eigenvalue weighted by molar-refractivity contribution is -0.885. The van der Waals surface area contributed by atoms with Gasteiger partial charge in [0.2, 0.25) is 0 Å². The summed E-state index contributed by atoms with van der Waals surface area (Å²) in [5.74, 6) is 1.32. The lowest BCUT2D eigenvalue weighted by Crippen LogP contribution is -3.08. The van der Waals surface area contributed by atoms with Crippen molar-refractivity contribution in [3.63, 3.8) is 0 Å². The van der Waals surface area contributed by atoms with Gasteiger partial charge in [0.25, 0.3) is 5.91 Å². The van der Waals surface area contributed by atoms with E-state index in [9.17, 15) is 4.79 Å². The third-order valence-electron chi connectivity index (χ3n) is 3.55. The van der Waals surface area contributed by atoms with Gasteiger partial charge in [-0.05, 0) is 30.3 Å². The van der Waals surface area contributed by atoms with Crippen molar-refractivity contribution >= 4 is 23.2 Å². The molecule has 5 nitrogen and oxygen atoms in total. The van der Waals surface area contributed by atoms with Crippen LogP contribution in [0, 0.1) is 0 Å². The second-order valence-corrected chi connectivity index (χ2v) is 5.96. The molecule has 0 radical (unpaired) electrons. The van der Waals surface area contributed by atoms with Crippen molar-refractivity contribution in [3.05, 3.63) is 53.1 Å². The lowest BCUT2D eigenvalue weighted by Gasteiger charge is -2.17. The molecule has 0 spiro atoms. The lowest BCUT2D eigenvalue weighted by atomic mass is 10.1. The van der Waals surface area contributed by atoms with Gasteiger partial charge in [-0.3, -0.25) is 4.79 Å². The van der Waals surface area contributed by atoms with Gasteiger partial charge in [0.1, 0.15) is 6.54 Å². The first-order valence-corrected chi connectivity index (χ1v) is 7.98. The Hall–Kier alpha value is -2.24. The van der Waals surface area contributed by atoms with E-state index < -0.39 is 0 Å². The summed E-state index contributed by atoms with van der Waals surface area (Å²) >= 11 is 5.92. The topological polar surface area (TPSA) is 52.0 Å². The van der Waals surface area contributed by atoms with Crippen LogP contribution in [0.4, 0.5) is 5.69 Å². The summed E-state index contributed by atoms with van der Waals surface area (Å²) in [6.45, 7) is 0.968. The Morgan fingerprint density at radius 1 is 1.17 bits per heavy atom. The molecule has 0 saturated carbocycles. The molecule has 24 heavy (non-hydrogen) atoms. The van der Waals surface area contributed by atoms with Crippen molar-refractivity contribution in [2.24, 2.45) is 0 Å². The molecular weight excluding hydrogens is 328 g/mol. The molecule has 128 valence electrons. The van der Waals surface area contributed by atoms with Crippen molar-refractivity contribution in [3.8, 4) is 11.5 Å². The van der Waals surface area contributed by atoms with E-state index in [1.807, 2.05) is 31.3 Å². The minimum Gasteiger partial charge on any atom is -0.493 e. The van der Waals surface area contributed by atoms with Crippen LogP contribution in [0.1, 0.15) is 5.56 Å². The fraction of sp³-hybridized carbons (Fsp3) is 0.278. The van der Waals surface area contributed by atoms with E-state index in [1.165, 1.54) is 0 Å². The molecule has 2 aromatic rings. The minimum absolute atomic E-state index is 0.0726. The minimum atomic E-state index is -0.0726. The number of halogens is 1. The number of hydrogen-bond donors (Lipinski definition) is 2. The van der Waals surface area contributed by atoms with Crippen LogP contribution >= 0.6 is 11.6 Å². The third-order valence-corrected chi connectivity index (χ3v) is 3.78. The molecule has 0 aliphatic rings. The Balaban J connectivity index is 1.98. The maximum absolute atomic E-state index is 12.2. The highest BCUT2D eigenvalue weighted by Crippen LogP contribution is 2.30. The van der Waals surface area contributed by atoms with Crippen molar-refractivity contribution < 1.29 is 19.2 Å². The standard InChI is InChI=1S/C18H21ClN2O3/c1-21(11-13-6-4-9-16(23-2)18(13)24-3)12-17(22)20-15-8-5-7-14(19)10-15/h4-10H,11-12H2,1-3H3,(H,20,22)/p+1. The van der Waals surface area contributed by atoms with Gasteiger partial charge in [0.15, 0.2) is 18.0 Å². The van der Waals surface area contributed by atoms with E-state index in [0.717, 1.165) is 10.5 Å². The Bertz CT molecular complexity index is 706. The van der Waals surface area contributed by atoms with Gasteiger partial charge in [-0.25, -0.2) is 0 Å². The number of ether oxygens (including phenoxy) is 2. The van der Waals surface area contributed by atoms with Gasteiger partial charge in [-0.15, -0.1) is 0 Å². The third kappa shape index (κ3) is 4.88. The molecule has 0 aliphatic carbocycles. The second-order valence-electron chi connectivity index (χ2n) is 5.52. The average Bonchev–Trinajstić information content (AvgIpc) is 2.54.